The first kappa shape index (κ1) is 11.5. The van der Waals surface area contributed by atoms with Crippen molar-refractivity contribution < 1.29 is 4.74 Å². The van der Waals surface area contributed by atoms with Crippen LogP contribution < -0.4 is 4.90 Å². The summed E-state index contributed by atoms with van der Waals surface area (Å²) < 4.78 is 4.98. The van der Waals surface area contributed by atoms with Crippen LogP contribution in [0.25, 0.3) is 16.8 Å². The van der Waals surface area contributed by atoms with Gasteiger partial charge in [-0.25, -0.2) is 0 Å². The Balaban J connectivity index is 2.66. The van der Waals surface area contributed by atoms with Gasteiger partial charge in [0.15, 0.2) is 0 Å². The second-order valence-electron chi connectivity index (χ2n) is 4.15. The summed E-state index contributed by atoms with van der Waals surface area (Å²) in [6.45, 7) is 0. The molecule has 0 atom stereocenters. The van der Waals surface area contributed by atoms with Gasteiger partial charge in [-0.15, -0.1) is 0 Å². The van der Waals surface area contributed by atoms with Crippen LogP contribution >= 0.6 is 0 Å². The minimum atomic E-state index is 1.17. The van der Waals surface area contributed by atoms with E-state index in [0.29, 0.717) is 0 Å². The van der Waals surface area contributed by atoms with Crippen LogP contribution in [0.2, 0.25) is 0 Å². The molecule has 0 unspecified atom stereocenters. The third kappa shape index (κ3) is 2.26. The fraction of sp³-hybridized carbons (Fsp3) is 0.200. The molecule has 2 aromatic carbocycles. The Hall–Kier alpha value is -1.96. The summed E-state index contributed by atoms with van der Waals surface area (Å²) in [7, 11) is 5.78. The minimum Gasteiger partial charge on any atom is -0.504 e. The van der Waals surface area contributed by atoms with E-state index in [9.17, 15) is 0 Å². The van der Waals surface area contributed by atoms with E-state index in [-0.39, 0.29) is 0 Å². The largest absolute Gasteiger partial charge is 0.504 e. The molecule has 0 aromatic heterocycles. The Morgan fingerprint density at radius 2 is 1.71 bits per heavy atom. The maximum atomic E-state index is 4.98. The van der Waals surface area contributed by atoms with Gasteiger partial charge in [0.25, 0.3) is 0 Å². The number of anilines is 1. The summed E-state index contributed by atoms with van der Waals surface area (Å²) in [5, 5.41) is 2.50. The molecule has 0 aliphatic carbocycles. The molecular formula is C15H17NO. The number of rotatable bonds is 3. The van der Waals surface area contributed by atoms with Gasteiger partial charge in [-0.2, -0.15) is 0 Å². The molecule has 0 saturated carbocycles. The molecule has 0 bridgehead atoms. The van der Waals surface area contributed by atoms with Crippen LogP contribution in [0.4, 0.5) is 5.69 Å². The number of benzene rings is 2. The Morgan fingerprint density at radius 3 is 2.35 bits per heavy atom. The molecule has 0 aliphatic heterocycles. The molecule has 0 saturated heterocycles. The van der Waals surface area contributed by atoms with Crippen molar-refractivity contribution in [2.24, 2.45) is 0 Å². The van der Waals surface area contributed by atoms with Crippen molar-refractivity contribution in [2.45, 2.75) is 0 Å². The first-order valence-electron chi connectivity index (χ1n) is 5.62. The molecule has 88 valence electrons. The normalized spacial score (nSPS) is 11.0. The van der Waals surface area contributed by atoms with Crippen LogP contribution in [0.3, 0.4) is 0 Å². The second-order valence-corrected chi connectivity index (χ2v) is 4.15. The smallest absolute Gasteiger partial charge is 0.0830 e. The molecule has 0 spiro atoms. The molecule has 0 fully saturated rings. The fourth-order valence-corrected chi connectivity index (χ4v) is 1.98. The van der Waals surface area contributed by atoms with E-state index in [1.807, 2.05) is 6.08 Å². The molecule has 2 rings (SSSR count). The van der Waals surface area contributed by atoms with Gasteiger partial charge >= 0.3 is 0 Å². The van der Waals surface area contributed by atoms with Gasteiger partial charge in [-0.1, -0.05) is 30.3 Å². The lowest BCUT2D eigenvalue weighted by Crippen LogP contribution is -2.09. The van der Waals surface area contributed by atoms with Gasteiger partial charge in [-0.05, 0) is 23.1 Å². The van der Waals surface area contributed by atoms with Gasteiger partial charge in [0.2, 0.25) is 0 Å². The maximum absolute atomic E-state index is 4.98. The second kappa shape index (κ2) is 4.91. The molecule has 0 radical (unpaired) electrons. The van der Waals surface area contributed by atoms with Crippen molar-refractivity contribution >= 4 is 22.5 Å². The van der Waals surface area contributed by atoms with Crippen LogP contribution in [0, 0.1) is 0 Å². The zero-order chi connectivity index (χ0) is 12.3. The lowest BCUT2D eigenvalue weighted by atomic mass is 10.0. The fourth-order valence-electron chi connectivity index (χ4n) is 1.98. The van der Waals surface area contributed by atoms with Gasteiger partial charge in [0.05, 0.1) is 13.4 Å². The van der Waals surface area contributed by atoms with Crippen LogP contribution in [0.5, 0.6) is 0 Å². The molecular weight excluding hydrogens is 210 g/mol. The van der Waals surface area contributed by atoms with Crippen LogP contribution in [-0.2, 0) is 4.74 Å². The summed E-state index contributed by atoms with van der Waals surface area (Å²) in [6.07, 6.45) is 3.69. The molecule has 0 aliphatic rings. The predicted molar refractivity (Wildman–Crippen MR) is 74.3 cm³/mol. The highest BCUT2D eigenvalue weighted by molar-refractivity contribution is 5.99. The number of methoxy groups -OCH3 is 1. The Kier molecular flexibility index (Phi) is 3.33. The number of hydrogen-bond donors (Lipinski definition) is 0. The monoisotopic (exact) mass is 227 g/mol. The van der Waals surface area contributed by atoms with E-state index >= 15 is 0 Å². The van der Waals surface area contributed by atoms with Crippen molar-refractivity contribution in [3.63, 3.8) is 0 Å². The Morgan fingerprint density at radius 1 is 1.00 bits per heavy atom. The van der Waals surface area contributed by atoms with E-state index in [1.165, 1.54) is 22.0 Å². The molecule has 0 heterocycles. The van der Waals surface area contributed by atoms with E-state index in [1.54, 1.807) is 13.4 Å². The maximum Gasteiger partial charge on any atom is 0.0830 e. The summed E-state index contributed by atoms with van der Waals surface area (Å²) in [4.78, 5) is 2.13. The standard InChI is InChI=1S/C15H17NO/c1-16(2)15-9-8-12(10-11-17-3)13-6-4-5-7-14(13)15/h4-11H,1-3H3/b11-10-. The van der Waals surface area contributed by atoms with Crippen molar-refractivity contribution in [1.82, 2.24) is 0 Å². The molecule has 2 aromatic rings. The summed E-state index contributed by atoms with van der Waals surface area (Å²) in [6, 6.07) is 12.7. The first-order valence-corrected chi connectivity index (χ1v) is 5.62. The Bertz CT molecular complexity index is 544. The molecule has 17 heavy (non-hydrogen) atoms. The van der Waals surface area contributed by atoms with Crippen LogP contribution in [0.1, 0.15) is 5.56 Å². The number of hydrogen-bond acceptors (Lipinski definition) is 2. The van der Waals surface area contributed by atoms with Gasteiger partial charge in [0.1, 0.15) is 0 Å². The van der Waals surface area contributed by atoms with Crippen molar-refractivity contribution in [1.29, 1.82) is 0 Å². The van der Waals surface area contributed by atoms with E-state index in [0.717, 1.165) is 0 Å². The first-order chi connectivity index (χ1) is 8.24. The number of nitrogens with zero attached hydrogens (tertiary/aromatic N) is 1. The molecule has 0 amide bonds. The topological polar surface area (TPSA) is 12.5 Å². The summed E-state index contributed by atoms with van der Waals surface area (Å²) in [5.41, 5.74) is 2.41. The average Bonchev–Trinajstić information content (AvgIpc) is 2.35. The zero-order valence-electron chi connectivity index (χ0n) is 10.5. The molecule has 2 heteroatoms. The lowest BCUT2D eigenvalue weighted by molar-refractivity contribution is 0.341. The Labute approximate surface area is 102 Å². The molecule has 2 nitrogen and oxygen atoms in total. The third-order valence-electron chi connectivity index (χ3n) is 2.80. The highest BCUT2D eigenvalue weighted by atomic mass is 16.5. The summed E-state index contributed by atoms with van der Waals surface area (Å²) >= 11 is 0. The summed E-state index contributed by atoms with van der Waals surface area (Å²) in [5.74, 6) is 0. The zero-order valence-corrected chi connectivity index (χ0v) is 10.5. The van der Waals surface area contributed by atoms with Gasteiger partial charge in [0, 0.05) is 25.2 Å². The van der Waals surface area contributed by atoms with Gasteiger partial charge < -0.3 is 9.64 Å². The van der Waals surface area contributed by atoms with E-state index in [4.69, 9.17) is 4.74 Å². The third-order valence-corrected chi connectivity index (χ3v) is 2.80. The highest BCUT2D eigenvalue weighted by Gasteiger charge is 2.04. The van der Waals surface area contributed by atoms with E-state index in [2.05, 4.69) is 55.4 Å². The number of fused-ring (bicyclic) bond motifs is 1. The highest BCUT2D eigenvalue weighted by Crippen LogP contribution is 2.28. The van der Waals surface area contributed by atoms with E-state index < -0.39 is 0 Å². The quantitative estimate of drug-likeness (QED) is 0.744. The number of ether oxygens (including phenoxy) is 1. The van der Waals surface area contributed by atoms with Crippen LogP contribution in [0.15, 0.2) is 42.7 Å². The van der Waals surface area contributed by atoms with Crippen molar-refractivity contribution in [2.75, 3.05) is 26.1 Å². The predicted octanol–water partition coefficient (Wildman–Crippen LogP) is 3.52. The lowest BCUT2D eigenvalue weighted by Gasteiger charge is -2.16. The average molecular weight is 227 g/mol. The van der Waals surface area contributed by atoms with Crippen molar-refractivity contribution in [3.05, 3.63) is 48.2 Å². The van der Waals surface area contributed by atoms with Crippen molar-refractivity contribution in [3.8, 4) is 0 Å². The SMILES string of the molecule is CO/C=C\c1ccc(N(C)C)c2ccccc12. The minimum absolute atomic E-state index is 1.17. The van der Waals surface area contributed by atoms with Gasteiger partial charge in [-0.3, -0.25) is 0 Å². The molecule has 0 N–H and O–H groups in total. The van der Waals surface area contributed by atoms with Crippen LogP contribution in [-0.4, -0.2) is 21.2 Å².